The number of thiophene rings is 1. The summed E-state index contributed by atoms with van der Waals surface area (Å²) in [7, 11) is 0. The highest BCUT2D eigenvalue weighted by Gasteiger charge is 2.06. The van der Waals surface area contributed by atoms with E-state index in [1.165, 1.54) is 0 Å². The molecule has 110 valence electrons. The molecule has 0 unspecified atom stereocenters. The average molecular weight is 367 g/mol. The first-order valence-electron chi connectivity index (χ1n) is 6.32. The third-order valence-corrected chi connectivity index (χ3v) is 4.27. The van der Waals surface area contributed by atoms with Crippen LogP contribution in [0, 0.1) is 6.92 Å². The molecule has 0 bridgehead atoms. The van der Waals surface area contributed by atoms with Crippen LogP contribution in [0.4, 0.5) is 0 Å². The van der Waals surface area contributed by atoms with Crippen LogP contribution in [0.1, 0.15) is 17.4 Å². The number of nitrogens with one attached hydrogen (secondary N) is 1. The van der Waals surface area contributed by atoms with Crippen LogP contribution in [-0.4, -0.2) is 18.2 Å². The van der Waals surface area contributed by atoms with E-state index in [0.717, 1.165) is 20.6 Å². The lowest BCUT2D eigenvalue weighted by Gasteiger charge is -2.08. The van der Waals surface area contributed by atoms with Gasteiger partial charge in [-0.2, -0.15) is 5.10 Å². The summed E-state index contributed by atoms with van der Waals surface area (Å²) in [5.41, 5.74) is 4.38. The molecule has 0 saturated carbocycles. The summed E-state index contributed by atoms with van der Waals surface area (Å²) in [4.78, 5) is 12.7. The fourth-order valence-electron chi connectivity index (χ4n) is 1.58. The number of ether oxygens (including phenoxy) is 1. The van der Waals surface area contributed by atoms with Crippen LogP contribution < -0.4 is 10.2 Å². The number of hydrogen-bond donors (Lipinski definition) is 1. The quantitative estimate of drug-likeness (QED) is 0.647. The summed E-state index contributed by atoms with van der Waals surface area (Å²) >= 11 is 4.98. The van der Waals surface area contributed by atoms with Crippen LogP contribution >= 0.6 is 27.3 Å². The minimum absolute atomic E-state index is 0.0805. The molecule has 0 saturated heterocycles. The van der Waals surface area contributed by atoms with E-state index >= 15 is 0 Å². The Hall–Kier alpha value is -1.66. The number of hydrogen-bond acceptors (Lipinski definition) is 4. The normalized spacial score (nSPS) is 11.3. The second kappa shape index (κ2) is 7.38. The monoisotopic (exact) mass is 366 g/mol. The topological polar surface area (TPSA) is 50.7 Å². The fraction of sp³-hybridized carbons (Fsp3) is 0.200. The van der Waals surface area contributed by atoms with Gasteiger partial charge in [0.25, 0.3) is 5.91 Å². The molecule has 1 heterocycles. The minimum atomic E-state index is -0.293. The molecule has 1 amide bonds. The Morgan fingerprint density at radius 3 is 2.90 bits per heavy atom. The second-order valence-corrected chi connectivity index (χ2v) is 6.23. The number of rotatable bonds is 5. The Kier molecular flexibility index (Phi) is 5.52. The van der Waals surface area contributed by atoms with Gasteiger partial charge in [0.15, 0.2) is 6.61 Å². The zero-order valence-electron chi connectivity index (χ0n) is 11.7. The number of carbonyl (C=O) groups excluding carboxylic acids is 1. The molecule has 6 heteroatoms. The Labute approximate surface area is 136 Å². The van der Waals surface area contributed by atoms with Gasteiger partial charge in [0, 0.05) is 4.88 Å². The zero-order valence-corrected chi connectivity index (χ0v) is 14.1. The predicted molar refractivity (Wildman–Crippen MR) is 89.0 cm³/mol. The van der Waals surface area contributed by atoms with E-state index in [1.54, 1.807) is 11.3 Å². The largest absolute Gasteiger partial charge is 0.483 e. The van der Waals surface area contributed by atoms with E-state index in [1.807, 2.05) is 49.6 Å². The Bertz CT molecular complexity index is 654. The predicted octanol–water partition coefficient (Wildman–Crippen LogP) is 3.74. The van der Waals surface area contributed by atoms with Gasteiger partial charge >= 0.3 is 0 Å². The van der Waals surface area contributed by atoms with Crippen molar-refractivity contribution >= 4 is 38.9 Å². The maximum absolute atomic E-state index is 11.7. The van der Waals surface area contributed by atoms with Crippen LogP contribution in [0.3, 0.4) is 0 Å². The number of nitrogens with zero attached hydrogens (tertiary/aromatic N) is 1. The molecule has 0 atom stereocenters. The summed E-state index contributed by atoms with van der Waals surface area (Å²) in [5, 5.41) is 6.02. The van der Waals surface area contributed by atoms with Crippen molar-refractivity contribution in [3.8, 4) is 5.75 Å². The molecule has 21 heavy (non-hydrogen) atoms. The molecular weight excluding hydrogens is 352 g/mol. The van der Waals surface area contributed by atoms with Crippen molar-refractivity contribution in [1.29, 1.82) is 0 Å². The van der Waals surface area contributed by atoms with Gasteiger partial charge in [0.05, 0.1) is 10.2 Å². The molecule has 0 aliphatic carbocycles. The maximum Gasteiger partial charge on any atom is 0.277 e. The van der Waals surface area contributed by atoms with Crippen molar-refractivity contribution < 1.29 is 9.53 Å². The first-order valence-corrected chi connectivity index (χ1v) is 7.99. The lowest BCUT2D eigenvalue weighted by Crippen LogP contribution is -2.25. The van der Waals surface area contributed by atoms with E-state index < -0.39 is 0 Å². The van der Waals surface area contributed by atoms with Gasteiger partial charge in [-0.05, 0) is 58.9 Å². The van der Waals surface area contributed by atoms with E-state index in [2.05, 4.69) is 26.5 Å². The molecular formula is C15H15BrN2O2S. The van der Waals surface area contributed by atoms with Gasteiger partial charge in [-0.15, -0.1) is 11.3 Å². The van der Waals surface area contributed by atoms with Crippen LogP contribution in [0.2, 0.25) is 0 Å². The highest BCUT2D eigenvalue weighted by molar-refractivity contribution is 9.10. The van der Waals surface area contributed by atoms with Crippen molar-refractivity contribution in [1.82, 2.24) is 5.43 Å². The highest BCUT2D eigenvalue weighted by atomic mass is 79.9. The van der Waals surface area contributed by atoms with Crippen LogP contribution in [0.5, 0.6) is 5.75 Å². The van der Waals surface area contributed by atoms with E-state index in [4.69, 9.17) is 4.74 Å². The average Bonchev–Trinajstić information content (AvgIpc) is 2.98. The standard InChI is InChI=1S/C15H15BrN2O2S/c1-10-5-6-13(12(16)8-10)20-9-15(19)18-17-11(2)14-4-3-7-21-14/h3-8H,9H2,1-2H3,(H,18,19)/b17-11+. The number of halogens is 1. The lowest BCUT2D eigenvalue weighted by molar-refractivity contribution is -0.123. The van der Waals surface area contributed by atoms with Crippen molar-refractivity contribution in [3.63, 3.8) is 0 Å². The molecule has 1 aromatic carbocycles. The summed E-state index contributed by atoms with van der Waals surface area (Å²) in [6, 6.07) is 9.59. The second-order valence-electron chi connectivity index (χ2n) is 4.43. The van der Waals surface area contributed by atoms with E-state index in [-0.39, 0.29) is 12.5 Å². The Morgan fingerprint density at radius 1 is 1.43 bits per heavy atom. The Morgan fingerprint density at radius 2 is 2.24 bits per heavy atom. The lowest BCUT2D eigenvalue weighted by atomic mass is 10.2. The molecule has 1 aromatic heterocycles. The summed E-state index contributed by atoms with van der Waals surface area (Å²) < 4.78 is 6.28. The van der Waals surface area contributed by atoms with Gasteiger partial charge in [-0.25, -0.2) is 5.43 Å². The van der Waals surface area contributed by atoms with Crippen LogP contribution in [-0.2, 0) is 4.79 Å². The van der Waals surface area contributed by atoms with Gasteiger partial charge < -0.3 is 4.74 Å². The molecule has 0 spiro atoms. The molecule has 4 nitrogen and oxygen atoms in total. The van der Waals surface area contributed by atoms with Crippen molar-refractivity contribution in [2.75, 3.05) is 6.61 Å². The zero-order chi connectivity index (χ0) is 15.2. The minimum Gasteiger partial charge on any atom is -0.483 e. The molecule has 0 radical (unpaired) electrons. The molecule has 1 N–H and O–H groups in total. The van der Waals surface area contributed by atoms with Crippen LogP contribution in [0.25, 0.3) is 0 Å². The first kappa shape index (κ1) is 15.7. The van der Waals surface area contributed by atoms with E-state index in [9.17, 15) is 4.79 Å². The van der Waals surface area contributed by atoms with E-state index in [0.29, 0.717) is 5.75 Å². The molecule has 0 aliphatic rings. The maximum atomic E-state index is 11.7. The number of carbonyl (C=O) groups is 1. The fourth-order valence-corrected chi connectivity index (χ4v) is 2.87. The number of amides is 1. The van der Waals surface area contributed by atoms with Gasteiger partial charge in [-0.3, -0.25) is 4.79 Å². The van der Waals surface area contributed by atoms with Crippen molar-refractivity contribution in [3.05, 3.63) is 50.6 Å². The summed E-state index contributed by atoms with van der Waals surface area (Å²) in [6.45, 7) is 3.76. The highest BCUT2D eigenvalue weighted by Crippen LogP contribution is 2.25. The molecule has 0 fully saturated rings. The van der Waals surface area contributed by atoms with Crippen molar-refractivity contribution in [2.24, 2.45) is 5.10 Å². The third kappa shape index (κ3) is 4.68. The van der Waals surface area contributed by atoms with Gasteiger partial charge in [0.1, 0.15) is 5.75 Å². The molecule has 2 aromatic rings. The SMILES string of the molecule is C/C(=N\NC(=O)COc1ccc(C)cc1Br)c1cccs1. The number of aryl methyl sites for hydroxylation is 1. The van der Waals surface area contributed by atoms with Gasteiger partial charge in [0.2, 0.25) is 0 Å². The van der Waals surface area contributed by atoms with Crippen LogP contribution in [0.15, 0.2) is 45.3 Å². The smallest absolute Gasteiger partial charge is 0.277 e. The van der Waals surface area contributed by atoms with Crippen molar-refractivity contribution in [2.45, 2.75) is 13.8 Å². The number of hydrazone groups is 1. The molecule has 0 aliphatic heterocycles. The third-order valence-electron chi connectivity index (χ3n) is 2.67. The number of benzene rings is 1. The molecule has 2 rings (SSSR count). The Balaban J connectivity index is 1.86. The van der Waals surface area contributed by atoms with Gasteiger partial charge in [-0.1, -0.05) is 12.1 Å². The summed E-state index contributed by atoms with van der Waals surface area (Å²) in [6.07, 6.45) is 0. The first-order chi connectivity index (χ1) is 10.1. The summed E-state index contributed by atoms with van der Waals surface area (Å²) in [5.74, 6) is 0.341.